The second-order valence-corrected chi connectivity index (χ2v) is 8.35. The van der Waals surface area contributed by atoms with Gasteiger partial charge in [0.1, 0.15) is 10.5 Å². The highest BCUT2D eigenvalue weighted by Crippen LogP contribution is 2.33. The lowest BCUT2D eigenvalue weighted by Crippen LogP contribution is -2.48. The first-order chi connectivity index (χ1) is 13.0. The molecule has 1 aromatic rings. The molecule has 2 N–H and O–H groups in total. The minimum Gasteiger partial charge on any atom is -0.323 e. The highest BCUT2D eigenvalue weighted by atomic mass is 32.1. The largest absolute Gasteiger partial charge is 0.325 e. The Balaban J connectivity index is 1.47. The SMILES string of the molecule is CCCCCc1nnc(NC(=O)CCN2C(=O)NC3(CCCCC3)C2=O)s1. The number of imide groups is 1. The molecule has 1 spiro atoms. The van der Waals surface area contributed by atoms with Crippen LogP contribution in [-0.2, 0) is 16.0 Å². The van der Waals surface area contributed by atoms with E-state index < -0.39 is 5.54 Å². The molecule has 1 aliphatic heterocycles. The number of rotatable bonds is 8. The summed E-state index contributed by atoms with van der Waals surface area (Å²) in [4.78, 5) is 38.2. The molecule has 0 aromatic carbocycles. The van der Waals surface area contributed by atoms with Crippen molar-refractivity contribution in [1.29, 1.82) is 0 Å². The highest BCUT2D eigenvalue weighted by molar-refractivity contribution is 7.15. The molecular formula is C18H27N5O3S. The molecular weight excluding hydrogens is 366 g/mol. The lowest BCUT2D eigenvalue weighted by atomic mass is 9.82. The predicted molar refractivity (Wildman–Crippen MR) is 102 cm³/mol. The van der Waals surface area contributed by atoms with Gasteiger partial charge in [-0.15, -0.1) is 10.2 Å². The second-order valence-electron chi connectivity index (χ2n) is 7.29. The maximum atomic E-state index is 12.7. The third-order valence-corrected chi connectivity index (χ3v) is 6.12. The number of nitrogens with one attached hydrogen (secondary N) is 2. The Labute approximate surface area is 163 Å². The lowest BCUT2D eigenvalue weighted by Gasteiger charge is -2.30. The van der Waals surface area contributed by atoms with E-state index in [0.717, 1.165) is 50.0 Å². The van der Waals surface area contributed by atoms with Gasteiger partial charge in [0, 0.05) is 19.4 Å². The quantitative estimate of drug-likeness (QED) is 0.522. The molecule has 8 nitrogen and oxygen atoms in total. The number of carbonyl (C=O) groups excluding carboxylic acids is 3. The van der Waals surface area contributed by atoms with Crippen LogP contribution in [0.4, 0.5) is 9.93 Å². The summed E-state index contributed by atoms with van der Waals surface area (Å²) in [7, 11) is 0. The van der Waals surface area contributed by atoms with Gasteiger partial charge in [-0.1, -0.05) is 50.4 Å². The molecule has 1 saturated carbocycles. The van der Waals surface area contributed by atoms with E-state index in [2.05, 4.69) is 27.8 Å². The molecule has 3 rings (SSSR count). The summed E-state index contributed by atoms with van der Waals surface area (Å²) in [6.45, 7) is 2.23. The van der Waals surface area contributed by atoms with Crippen LogP contribution in [0.25, 0.3) is 0 Å². The molecule has 2 aliphatic rings. The van der Waals surface area contributed by atoms with Crippen LogP contribution in [0, 0.1) is 0 Å². The van der Waals surface area contributed by atoms with E-state index in [4.69, 9.17) is 0 Å². The van der Waals surface area contributed by atoms with Crippen LogP contribution in [0.1, 0.15) is 69.7 Å². The Hall–Kier alpha value is -2.03. The normalized spacial score (nSPS) is 18.8. The summed E-state index contributed by atoms with van der Waals surface area (Å²) >= 11 is 1.37. The standard InChI is InChI=1S/C18H27N5O3S/c1-2-3-5-8-14-21-22-16(27-14)19-13(24)9-12-23-15(25)18(20-17(23)26)10-6-4-7-11-18/h2-12H2,1H3,(H,20,26)(H,19,22,24). The molecule has 4 amide bonds. The number of aromatic nitrogens is 2. The number of carbonyl (C=O) groups is 3. The molecule has 1 saturated heterocycles. The smallest absolute Gasteiger partial charge is 0.323 e. The van der Waals surface area contributed by atoms with Crippen LogP contribution in [0.3, 0.4) is 0 Å². The fourth-order valence-electron chi connectivity index (χ4n) is 3.70. The van der Waals surface area contributed by atoms with E-state index in [-0.39, 0.29) is 30.8 Å². The molecule has 0 radical (unpaired) electrons. The van der Waals surface area contributed by atoms with Crippen molar-refractivity contribution >= 4 is 34.3 Å². The van der Waals surface area contributed by atoms with Crippen molar-refractivity contribution in [3.8, 4) is 0 Å². The van der Waals surface area contributed by atoms with Crippen molar-refractivity contribution in [3.05, 3.63) is 5.01 Å². The predicted octanol–water partition coefficient (Wildman–Crippen LogP) is 2.85. The van der Waals surface area contributed by atoms with Crippen LogP contribution in [-0.4, -0.2) is 45.0 Å². The highest BCUT2D eigenvalue weighted by Gasteiger charge is 2.51. The summed E-state index contributed by atoms with van der Waals surface area (Å²) in [6, 6.07) is -0.385. The second kappa shape index (κ2) is 8.77. The van der Waals surface area contributed by atoms with E-state index in [1.165, 1.54) is 16.2 Å². The molecule has 0 atom stereocenters. The number of unbranched alkanes of at least 4 members (excludes halogenated alkanes) is 2. The molecule has 148 valence electrons. The van der Waals surface area contributed by atoms with Crippen LogP contribution in [0.5, 0.6) is 0 Å². The van der Waals surface area contributed by atoms with Gasteiger partial charge < -0.3 is 10.6 Å². The van der Waals surface area contributed by atoms with Gasteiger partial charge in [0.25, 0.3) is 5.91 Å². The summed E-state index contributed by atoms with van der Waals surface area (Å²) in [6.07, 6.45) is 8.63. The van der Waals surface area contributed by atoms with Crippen LogP contribution < -0.4 is 10.6 Å². The molecule has 0 bridgehead atoms. The molecule has 0 unspecified atom stereocenters. The van der Waals surface area contributed by atoms with Crippen LogP contribution in [0.15, 0.2) is 0 Å². The van der Waals surface area contributed by atoms with Crippen LogP contribution in [0.2, 0.25) is 0 Å². The Bertz CT molecular complexity index is 699. The number of urea groups is 1. The number of aryl methyl sites for hydroxylation is 1. The number of hydrogen-bond acceptors (Lipinski definition) is 6. The summed E-state index contributed by atoms with van der Waals surface area (Å²) in [5.41, 5.74) is -0.738. The van der Waals surface area contributed by atoms with Crippen molar-refractivity contribution in [2.75, 3.05) is 11.9 Å². The monoisotopic (exact) mass is 393 g/mol. The van der Waals surface area contributed by atoms with Gasteiger partial charge in [-0.05, 0) is 19.3 Å². The number of nitrogens with zero attached hydrogens (tertiary/aromatic N) is 3. The van der Waals surface area contributed by atoms with Gasteiger partial charge in [0.05, 0.1) is 0 Å². The number of amides is 4. The lowest BCUT2D eigenvalue weighted by molar-refractivity contribution is -0.132. The maximum absolute atomic E-state index is 12.7. The van der Waals surface area contributed by atoms with Crippen molar-refractivity contribution in [3.63, 3.8) is 0 Å². The van der Waals surface area contributed by atoms with Crippen molar-refractivity contribution in [1.82, 2.24) is 20.4 Å². The molecule has 2 fully saturated rings. The van der Waals surface area contributed by atoms with Crippen LogP contribution >= 0.6 is 11.3 Å². The first-order valence-corrected chi connectivity index (χ1v) is 10.6. The maximum Gasteiger partial charge on any atom is 0.325 e. The molecule has 2 heterocycles. The summed E-state index contributed by atoms with van der Waals surface area (Å²) < 4.78 is 0. The zero-order valence-electron chi connectivity index (χ0n) is 15.8. The Kier molecular flexibility index (Phi) is 6.41. The van der Waals surface area contributed by atoms with E-state index in [9.17, 15) is 14.4 Å². The average Bonchev–Trinajstić information content (AvgIpc) is 3.18. The Morgan fingerprint density at radius 1 is 1.22 bits per heavy atom. The number of hydrogen-bond donors (Lipinski definition) is 2. The Morgan fingerprint density at radius 2 is 2.00 bits per heavy atom. The van der Waals surface area contributed by atoms with Gasteiger partial charge in [0.2, 0.25) is 11.0 Å². The summed E-state index contributed by atoms with van der Waals surface area (Å²) in [5, 5.41) is 15.0. The van der Waals surface area contributed by atoms with E-state index >= 15 is 0 Å². The van der Waals surface area contributed by atoms with Crippen molar-refractivity contribution in [2.45, 2.75) is 76.7 Å². The van der Waals surface area contributed by atoms with E-state index in [1.54, 1.807) is 0 Å². The van der Waals surface area contributed by atoms with Gasteiger partial charge in [-0.2, -0.15) is 0 Å². The molecule has 27 heavy (non-hydrogen) atoms. The van der Waals surface area contributed by atoms with Gasteiger partial charge in [-0.3, -0.25) is 14.5 Å². The molecule has 9 heteroatoms. The zero-order chi connectivity index (χ0) is 19.3. The van der Waals surface area contributed by atoms with Gasteiger partial charge in [-0.25, -0.2) is 4.79 Å². The topological polar surface area (TPSA) is 104 Å². The van der Waals surface area contributed by atoms with Gasteiger partial charge in [0.15, 0.2) is 0 Å². The minimum atomic E-state index is -0.738. The fourth-order valence-corrected chi connectivity index (χ4v) is 4.50. The summed E-state index contributed by atoms with van der Waals surface area (Å²) in [5.74, 6) is -0.453. The molecule has 1 aromatic heterocycles. The van der Waals surface area contributed by atoms with E-state index in [1.807, 2.05) is 0 Å². The number of anilines is 1. The minimum absolute atomic E-state index is 0.0555. The van der Waals surface area contributed by atoms with E-state index in [0.29, 0.717) is 18.0 Å². The third kappa shape index (κ3) is 4.63. The fraction of sp³-hybridized carbons (Fsp3) is 0.722. The Morgan fingerprint density at radius 3 is 2.74 bits per heavy atom. The average molecular weight is 394 g/mol. The third-order valence-electron chi connectivity index (χ3n) is 5.22. The van der Waals surface area contributed by atoms with Crippen molar-refractivity contribution in [2.24, 2.45) is 0 Å². The first kappa shape index (κ1) is 19.7. The zero-order valence-corrected chi connectivity index (χ0v) is 16.6. The molecule has 1 aliphatic carbocycles. The van der Waals surface area contributed by atoms with Crippen molar-refractivity contribution < 1.29 is 14.4 Å². The first-order valence-electron chi connectivity index (χ1n) is 9.80. The van der Waals surface area contributed by atoms with Gasteiger partial charge >= 0.3 is 6.03 Å².